The van der Waals surface area contributed by atoms with Crippen molar-refractivity contribution >= 4 is 80.0 Å². The number of nitrogens with one attached hydrogen (secondary N) is 1. The summed E-state index contributed by atoms with van der Waals surface area (Å²) in [6.45, 7) is 0. The van der Waals surface area contributed by atoms with Crippen LogP contribution in [0.4, 0.5) is 0 Å². The van der Waals surface area contributed by atoms with E-state index in [2.05, 4.69) is 38.1 Å². The molecule has 0 spiro atoms. The van der Waals surface area contributed by atoms with Crippen LogP contribution in [0.25, 0.3) is 16.6 Å². The zero-order valence-corrected chi connectivity index (χ0v) is 23.4. The average Bonchev–Trinajstić information content (AvgIpc) is 2.86. The number of ether oxygens (including phenoxy) is 1. The number of thioether (sulfide) groups is 1. The van der Waals surface area contributed by atoms with Crippen molar-refractivity contribution in [3.63, 3.8) is 0 Å². The van der Waals surface area contributed by atoms with Gasteiger partial charge in [0.1, 0.15) is 11.5 Å². The smallest absolute Gasteiger partial charge is 0.266 e. The van der Waals surface area contributed by atoms with Crippen LogP contribution in [0.3, 0.4) is 0 Å². The highest BCUT2D eigenvalue weighted by molar-refractivity contribution is 14.1. The minimum Gasteiger partial charge on any atom is -0.506 e. The van der Waals surface area contributed by atoms with Crippen LogP contribution in [-0.4, -0.2) is 39.6 Å². The van der Waals surface area contributed by atoms with Gasteiger partial charge < -0.3 is 9.84 Å². The van der Waals surface area contributed by atoms with E-state index in [0.717, 1.165) is 15.3 Å². The molecule has 1 amide bonds. The standard InChI is InChI=1S/C24H18I2N4O4S/c1-34-17-8-6-16(7-9-17)30-23(33)18-4-2-3-5-20(18)28-24(30)35-13-21(31)29-27-12-14-10-15(25)11-19(26)22(14)32/h2-12,32H,13H2,1H3,(H,29,31)/b27-12-. The van der Waals surface area contributed by atoms with Crippen molar-refractivity contribution in [1.82, 2.24) is 15.0 Å². The summed E-state index contributed by atoms with van der Waals surface area (Å²) in [4.78, 5) is 30.4. The SMILES string of the molecule is COc1ccc(-n2c(SCC(=O)N/N=C\c3cc(I)cc(I)c3O)nc3ccccc3c2=O)cc1. The molecule has 178 valence electrons. The van der Waals surface area contributed by atoms with Gasteiger partial charge in [-0.1, -0.05) is 23.9 Å². The third kappa shape index (κ3) is 5.95. The number of methoxy groups -OCH3 is 1. The molecule has 1 heterocycles. The zero-order chi connectivity index (χ0) is 24.9. The number of halogens is 2. The molecule has 4 aromatic rings. The van der Waals surface area contributed by atoms with Crippen LogP contribution in [-0.2, 0) is 4.79 Å². The molecule has 4 rings (SSSR count). The number of para-hydroxylation sites is 1. The van der Waals surface area contributed by atoms with Crippen molar-refractivity contribution in [1.29, 1.82) is 0 Å². The molecule has 0 aliphatic carbocycles. The van der Waals surface area contributed by atoms with Gasteiger partial charge in [-0.2, -0.15) is 5.10 Å². The van der Waals surface area contributed by atoms with E-state index in [1.807, 2.05) is 34.7 Å². The fourth-order valence-corrected chi connectivity index (χ4v) is 5.88. The Hall–Kier alpha value is -2.65. The summed E-state index contributed by atoms with van der Waals surface area (Å²) in [5, 5.41) is 15.0. The number of carbonyl (C=O) groups is 1. The highest BCUT2D eigenvalue weighted by Gasteiger charge is 2.15. The first-order valence-corrected chi connectivity index (χ1v) is 13.3. The summed E-state index contributed by atoms with van der Waals surface area (Å²) in [7, 11) is 1.57. The normalized spacial score (nSPS) is 11.2. The van der Waals surface area contributed by atoms with Gasteiger partial charge in [0.2, 0.25) is 0 Å². The number of benzene rings is 3. The Kier molecular flexibility index (Phi) is 8.28. The Balaban J connectivity index is 1.56. The maximum absolute atomic E-state index is 13.3. The predicted octanol–water partition coefficient (Wildman–Crippen LogP) is 4.55. The fraction of sp³-hybridized carbons (Fsp3) is 0.0833. The summed E-state index contributed by atoms with van der Waals surface area (Å²) in [6.07, 6.45) is 1.39. The van der Waals surface area contributed by atoms with Gasteiger partial charge in [-0.05, 0) is 93.7 Å². The molecular weight excluding hydrogens is 694 g/mol. The van der Waals surface area contributed by atoms with E-state index in [9.17, 15) is 14.7 Å². The van der Waals surface area contributed by atoms with Crippen molar-refractivity contribution < 1.29 is 14.6 Å². The van der Waals surface area contributed by atoms with Crippen LogP contribution < -0.4 is 15.7 Å². The Morgan fingerprint density at radius 1 is 1.20 bits per heavy atom. The monoisotopic (exact) mass is 712 g/mol. The van der Waals surface area contributed by atoms with Gasteiger partial charge in [0, 0.05) is 9.13 Å². The van der Waals surface area contributed by atoms with E-state index in [-0.39, 0.29) is 23.0 Å². The Bertz CT molecular complexity index is 1490. The number of hydrazone groups is 1. The van der Waals surface area contributed by atoms with Gasteiger partial charge in [-0.3, -0.25) is 14.2 Å². The molecule has 0 saturated carbocycles. The van der Waals surface area contributed by atoms with Gasteiger partial charge in [-0.25, -0.2) is 10.4 Å². The summed E-state index contributed by atoms with van der Waals surface area (Å²) >= 11 is 5.30. The lowest BCUT2D eigenvalue weighted by Crippen LogP contribution is -2.24. The molecule has 0 aliphatic rings. The number of aromatic nitrogens is 2. The topological polar surface area (TPSA) is 106 Å². The molecule has 0 atom stereocenters. The quantitative estimate of drug-likeness (QED) is 0.0959. The molecule has 8 nitrogen and oxygen atoms in total. The highest BCUT2D eigenvalue weighted by Crippen LogP contribution is 2.26. The van der Waals surface area contributed by atoms with Crippen LogP contribution in [0.5, 0.6) is 11.5 Å². The molecule has 0 fully saturated rings. The van der Waals surface area contributed by atoms with Crippen LogP contribution in [0.1, 0.15) is 5.56 Å². The lowest BCUT2D eigenvalue weighted by molar-refractivity contribution is -0.118. The number of rotatable bonds is 7. The third-order valence-electron chi connectivity index (χ3n) is 4.86. The largest absolute Gasteiger partial charge is 0.506 e. The number of phenolic OH excluding ortho intramolecular Hbond substituents is 1. The Labute approximate surface area is 232 Å². The first kappa shape index (κ1) is 25.4. The molecule has 11 heteroatoms. The van der Waals surface area contributed by atoms with Gasteiger partial charge >= 0.3 is 0 Å². The second-order valence-corrected chi connectivity index (χ2v) is 10.5. The molecule has 0 radical (unpaired) electrons. The molecule has 1 aromatic heterocycles. The van der Waals surface area contributed by atoms with Crippen molar-refractivity contribution in [3.05, 3.63) is 83.7 Å². The molecule has 2 N–H and O–H groups in total. The van der Waals surface area contributed by atoms with Crippen LogP contribution >= 0.6 is 56.9 Å². The lowest BCUT2D eigenvalue weighted by Gasteiger charge is -2.13. The van der Waals surface area contributed by atoms with E-state index < -0.39 is 0 Å². The number of fused-ring (bicyclic) bond motifs is 1. The predicted molar refractivity (Wildman–Crippen MR) is 154 cm³/mol. The number of carbonyl (C=O) groups excluding carboxylic acids is 1. The van der Waals surface area contributed by atoms with Gasteiger partial charge in [-0.15, -0.1) is 0 Å². The molecule has 35 heavy (non-hydrogen) atoms. The molecular formula is C24H18I2N4O4S. The number of amides is 1. The fourth-order valence-electron chi connectivity index (χ4n) is 3.19. The zero-order valence-electron chi connectivity index (χ0n) is 18.2. The Morgan fingerprint density at radius 2 is 1.94 bits per heavy atom. The minimum absolute atomic E-state index is 0.0197. The van der Waals surface area contributed by atoms with Crippen molar-refractivity contribution in [2.24, 2.45) is 5.10 Å². The highest BCUT2D eigenvalue weighted by atomic mass is 127. The summed E-state index contributed by atoms with van der Waals surface area (Å²) in [6, 6.07) is 17.7. The number of aromatic hydroxyl groups is 1. The van der Waals surface area contributed by atoms with Crippen molar-refractivity contribution in [3.8, 4) is 17.2 Å². The van der Waals surface area contributed by atoms with Gasteiger partial charge in [0.15, 0.2) is 5.16 Å². The molecule has 0 unspecified atom stereocenters. The number of nitrogens with zero attached hydrogens (tertiary/aromatic N) is 3. The Morgan fingerprint density at radius 3 is 2.69 bits per heavy atom. The van der Waals surface area contributed by atoms with Crippen LogP contribution in [0, 0.1) is 7.14 Å². The molecule has 0 saturated heterocycles. The third-order valence-corrected chi connectivity index (χ3v) is 7.24. The van der Waals surface area contributed by atoms with Gasteiger partial charge in [0.05, 0.1) is 39.2 Å². The van der Waals surface area contributed by atoms with E-state index in [4.69, 9.17) is 4.74 Å². The molecule has 3 aromatic carbocycles. The van der Waals surface area contributed by atoms with E-state index >= 15 is 0 Å². The number of hydrogen-bond donors (Lipinski definition) is 2. The maximum Gasteiger partial charge on any atom is 0.266 e. The van der Waals surface area contributed by atoms with Crippen molar-refractivity contribution in [2.75, 3.05) is 12.9 Å². The second kappa shape index (κ2) is 11.4. The van der Waals surface area contributed by atoms with E-state index in [0.29, 0.717) is 36.6 Å². The lowest BCUT2D eigenvalue weighted by atomic mass is 10.2. The number of hydrogen-bond acceptors (Lipinski definition) is 7. The van der Waals surface area contributed by atoms with E-state index in [1.54, 1.807) is 55.6 Å². The average molecular weight is 712 g/mol. The summed E-state index contributed by atoms with van der Waals surface area (Å²) in [5.41, 5.74) is 3.88. The first-order valence-electron chi connectivity index (χ1n) is 10.2. The maximum atomic E-state index is 13.3. The summed E-state index contributed by atoms with van der Waals surface area (Å²) in [5.74, 6) is 0.363. The molecule has 0 bridgehead atoms. The number of phenols is 1. The van der Waals surface area contributed by atoms with E-state index in [1.165, 1.54) is 10.8 Å². The molecule has 0 aliphatic heterocycles. The van der Waals surface area contributed by atoms with Crippen LogP contribution in [0.2, 0.25) is 0 Å². The van der Waals surface area contributed by atoms with Crippen LogP contribution in [0.15, 0.2) is 75.7 Å². The minimum atomic E-state index is -0.380. The van der Waals surface area contributed by atoms with Crippen molar-refractivity contribution in [2.45, 2.75) is 5.16 Å². The van der Waals surface area contributed by atoms with Gasteiger partial charge in [0.25, 0.3) is 11.5 Å². The summed E-state index contributed by atoms with van der Waals surface area (Å²) < 4.78 is 8.32. The first-order chi connectivity index (χ1) is 16.9. The second-order valence-electron chi connectivity index (χ2n) is 7.16.